The van der Waals surface area contributed by atoms with Gasteiger partial charge in [-0.25, -0.2) is 0 Å². The zero-order valence-electron chi connectivity index (χ0n) is 20.1. The molecule has 0 aliphatic heterocycles. The van der Waals surface area contributed by atoms with Crippen LogP contribution in [0.2, 0.25) is 0 Å². The molecule has 0 aliphatic rings. The zero-order valence-corrected chi connectivity index (χ0v) is 20.1. The second-order valence-corrected chi connectivity index (χ2v) is 7.12. The lowest BCUT2D eigenvalue weighted by Crippen LogP contribution is -2.14. The number of ether oxygens (including phenoxy) is 4. The van der Waals surface area contributed by atoms with E-state index in [2.05, 4.69) is 10.6 Å². The molecule has 180 valence electrons. The summed E-state index contributed by atoms with van der Waals surface area (Å²) in [6.07, 6.45) is 2.20. The van der Waals surface area contributed by atoms with Gasteiger partial charge in [0.15, 0.2) is 11.5 Å². The van der Waals surface area contributed by atoms with Crippen LogP contribution in [0.15, 0.2) is 30.3 Å². The molecular weight excluding hydrogens is 424 g/mol. The van der Waals surface area contributed by atoms with Crippen molar-refractivity contribution in [2.75, 3.05) is 37.6 Å². The smallest absolute Gasteiger partial charge is 0.255 e. The number of hydrogen-bond acceptors (Lipinski definition) is 6. The molecule has 2 N–H and O–H groups in total. The Kier molecular flexibility index (Phi) is 10.3. The van der Waals surface area contributed by atoms with E-state index in [4.69, 9.17) is 18.9 Å². The van der Waals surface area contributed by atoms with Crippen molar-refractivity contribution in [3.8, 4) is 23.0 Å². The third-order valence-electron chi connectivity index (χ3n) is 4.66. The maximum Gasteiger partial charge on any atom is 0.255 e. The van der Waals surface area contributed by atoms with Crippen LogP contribution in [0.5, 0.6) is 23.0 Å². The van der Waals surface area contributed by atoms with E-state index in [1.165, 1.54) is 7.11 Å². The number of rotatable bonds is 13. The average molecular weight is 459 g/mol. The van der Waals surface area contributed by atoms with Gasteiger partial charge in [-0.15, -0.1) is 0 Å². The van der Waals surface area contributed by atoms with E-state index in [0.717, 1.165) is 12.8 Å². The zero-order chi connectivity index (χ0) is 24.2. The molecule has 0 radical (unpaired) electrons. The van der Waals surface area contributed by atoms with Crippen molar-refractivity contribution < 1.29 is 28.5 Å². The summed E-state index contributed by atoms with van der Waals surface area (Å²) >= 11 is 0. The molecule has 8 heteroatoms. The summed E-state index contributed by atoms with van der Waals surface area (Å²) in [6, 6.07) is 8.33. The van der Waals surface area contributed by atoms with Crippen LogP contribution in [0.1, 0.15) is 57.3 Å². The molecule has 0 atom stereocenters. The highest BCUT2D eigenvalue weighted by Gasteiger charge is 2.19. The Labute approximate surface area is 195 Å². The predicted octanol–water partition coefficient (Wildman–Crippen LogP) is 5.27. The Morgan fingerprint density at radius 1 is 0.818 bits per heavy atom. The van der Waals surface area contributed by atoms with E-state index in [0.29, 0.717) is 66.2 Å². The van der Waals surface area contributed by atoms with Crippen molar-refractivity contribution in [3.63, 3.8) is 0 Å². The summed E-state index contributed by atoms with van der Waals surface area (Å²) in [5.41, 5.74) is 1.43. The minimum atomic E-state index is -0.346. The average Bonchev–Trinajstić information content (AvgIpc) is 2.80. The first-order valence-corrected chi connectivity index (χ1v) is 11.3. The molecule has 33 heavy (non-hydrogen) atoms. The Balaban J connectivity index is 2.27. The SMILES string of the molecule is CCCCC(=O)Nc1ccc(NC(=O)c2cc(OCC)c(OCC)c(OCC)c2)cc1OC. The van der Waals surface area contributed by atoms with Crippen LogP contribution < -0.4 is 29.6 Å². The lowest BCUT2D eigenvalue weighted by Gasteiger charge is -2.17. The molecule has 0 spiro atoms. The number of carbonyl (C=O) groups is 2. The highest BCUT2D eigenvalue weighted by atomic mass is 16.5. The minimum Gasteiger partial charge on any atom is -0.494 e. The highest BCUT2D eigenvalue weighted by Crippen LogP contribution is 2.39. The van der Waals surface area contributed by atoms with Crippen LogP contribution in [0.4, 0.5) is 11.4 Å². The summed E-state index contributed by atoms with van der Waals surface area (Å²) in [5, 5.41) is 5.70. The quantitative estimate of drug-likeness (QED) is 0.424. The lowest BCUT2D eigenvalue weighted by atomic mass is 10.1. The number of benzene rings is 2. The highest BCUT2D eigenvalue weighted by molar-refractivity contribution is 6.05. The van der Waals surface area contributed by atoms with Crippen molar-refractivity contribution in [3.05, 3.63) is 35.9 Å². The number of anilines is 2. The number of unbranched alkanes of at least 4 members (excludes halogenated alkanes) is 1. The number of carbonyl (C=O) groups excluding carboxylic acids is 2. The lowest BCUT2D eigenvalue weighted by molar-refractivity contribution is -0.116. The first kappa shape index (κ1) is 25.8. The van der Waals surface area contributed by atoms with Crippen molar-refractivity contribution in [1.82, 2.24) is 0 Å². The molecule has 0 saturated heterocycles. The second-order valence-electron chi connectivity index (χ2n) is 7.12. The van der Waals surface area contributed by atoms with Gasteiger partial charge in [0, 0.05) is 23.7 Å². The van der Waals surface area contributed by atoms with E-state index < -0.39 is 0 Å². The van der Waals surface area contributed by atoms with E-state index in [1.54, 1.807) is 30.3 Å². The standard InChI is InChI=1S/C25H34N2O6/c1-6-10-11-23(28)27-19-13-12-18(16-20(19)30-5)26-25(29)17-14-21(31-7-2)24(33-9-4)22(15-17)32-8-3/h12-16H,6-11H2,1-5H3,(H,26,29)(H,27,28). The third kappa shape index (κ3) is 7.30. The summed E-state index contributed by atoms with van der Waals surface area (Å²) in [5.74, 6) is 1.39. The van der Waals surface area contributed by atoms with Gasteiger partial charge in [-0.1, -0.05) is 13.3 Å². The molecule has 0 aromatic heterocycles. The molecule has 2 amide bonds. The molecule has 0 unspecified atom stereocenters. The van der Waals surface area contributed by atoms with E-state index in [-0.39, 0.29) is 11.8 Å². The summed E-state index contributed by atoms with van der Waals surface area (Å²) in [6.45, 7) is 8.89. The fourth-order valence-corrected chi connectivity index (χ4v) is 3.15. The molecule has 0 aliphatic carbocycles. The Morgan fingerprint density at radius 3 is 2.00 bits per heavy atom. The van der Waals surface area contributed by atoms with Gasteiger partial charge in [0.2, 0.25) is 11.7 Å². The molecule has 0 saturated carbocycles. The molecule has 8 nitrogen and oxygen atoms in total. The van der Waals surface area contributed by atoms with Gasteiger partial charge in [-0.2, -0.15) is 0 Å². The van der Waals surface area contributed by atoms with E-state index in [9.17, 15) is 9.59 Å². The monoisotopic (exact) mass is 458 g/mol. The Morgan fingerprint density at radius 2 is 1.45 bits per heavy atom. The fraction of sp³-hybridized carbons (Fsp3) is 0.440. The van der Waals surface area contributed by atoms with Crippen molar-refractivity contribution in [1.29, 1.82) is 0 Å². The van der Waals surface area contributed by atoms with Crippen LogP contribution in [0, 0.1) is 0 Å². The van der Waals surface area contributed by atoms with Gasteiger partial charge in [0.05, 0.1) is 32.6 Å². The molecule has 0 bridgehead atoms. The van der Waals surface area contributed by atoms with Crippen LogP contribution in [0.25, 0.3) is 0 Å². The van der Waals surface area contributed by atoms with Gasteiger partial charge in [0.1, 0.15) is 5.75 Å². The molecule has 0 heterocycles. The molecular formula is C25H34N2O6. The van der Waals surface area contributed by atoms with Gasteiger partial charge < -0.3 is 29.6 Å². The maximum absolute atomic E-state index is 13.0. The maximum atomic E-state index is 13.0. The molecule has 2 aromatic rings. The van der Waals surface area contributed by atoms with Gasteiger partial charge >= 0.3 is 0 Å². The molecule has 2 aromatic carbocycles. The van der Waals surface area contributed by atoms with Crippen LogP contribution in [0.3, 0.4) is 0 Å². The number of nitrogens with one attached hydrogen (secondary N) is 2. The topological polar surface area (TPSA) is 95.1 Å². The molecule has 2 rings (SSSR count). The van der Waals surface area contributed by atoms with Crippen molar-refractivity contribution in [2.24, 2.45) is 0 Å². The molecule has 0 fully saturated rings. The first-order valence-electron chi connectivity index (χ1n) is 11.3. The normalized spacial score (nSPS) is 10.3. The van der Waals surface area contributed by atoms with Gasteiger partial charge in [0.25, 0.3) is 5.91 Å². The van der Waals surface area contributed by atoms with E-state index in [1.807, 2.05) is 27.7 Å². The Hall–Kier alpha value is -3.42. The largest absolute Gasteiger partial charge is 0.494 e. The van der Waals surface area contributed by atoms with E-state index >= 15 is 0 Å². The minimum absolute atomic E-state index is 0.0757. The summed E-state index contributed by atoms with van der Waals surface area (Å²) in [4.78, 5) is 25.1. The van der Waals surface area contributed by atoms with Gasteiger partial charge in [-0.05, 0) is 51.5 Å². The first-order chi connectivity index (χ1) is 16.0. The number of amides is 2. The summed E-state index contributed by atoms with van der Waals surface area (Å²) < 4.78 is 22.5. The van der Waals surface area contributed by atoms with Crippen LogP contribution in [-0.2, 0) is 4.79 Å². The summed E-state index contributed by atoms with van der Waals surface area (Å²) in [7, 11) is 1.51. The number of methoxy groups -OCH3 is 1. The van der Waals surface area contributed by atoms with Crippen LogP contribution in [-0.4, -0.2) is 38.7 Å². The van der Waals surface area contributed by atoms with Crippen molar-refractivity contribution in [2.45, 2.75) is 47.0 Å². The number of hydrogen-bond donors (Lipinski definition) is 2. The van der Waals surface area contributed by atoms with Gasteiger partial charge in [-0.3, -0.25) is 9.59 Å². The van der Waals surface area contributed by atoms with Crippen LogP contribution >= 0.6 is 0 Å². The second kappa shape index (κ2) is 13.2. The third-order valence-corrected chi connectivity index (χ3v) is 4.66. The predicted molar refractivity (Wildman–Crippen MR) is 129 cm³/mol. The fourth-order valence-electron chi connectivity index (χ4n) is 3.15. The Bertz CT molecular complexity index is 917. The van der Waals surface area contributed by atoms with Crippen molar-refractivity contribution >= 4 is 23.2 Å².